The summed E-state index contributed by atoms with van der Waals surface area (Å²) in [5.74, 6) is 0.838. The molecule has 0 saturated heterocycles. The molecule has 0 aliphatic rings. The minimum atomic E-state index is -0.573. The minimum Gasteiger partial charge on any atom is -0.497 e. The van der Waals surface area contributed by atoms with Gasteiger partial charge in [0, 0.05) is 6.61 Å². The first-order chi connectivity index (χ1) is 8.74. The first kappa shape index (κ1) is 12.9. The molecule has 0 aliphatic carbocycles. The fraction of sp³-hybridized carbons (Fsp3) is 0.333. The van der Waals surface area contributed by atoms with Crippen LogP contribution in [0.1, 0.15) is 18.6 Å². The third-order valence-electron chi connectivity index (χ3n) is 2.94. The SMILES string of the molecule is CCOCC(O)c1ccc2cc(OC)ccc2c1. The number of aliphatic hydroxyl groups is 1. The van der Waals surface area contributed by atoms with Crippen LogP contribution in [0.25, 0.3) is 10.8 Å². The molecule has 96 valence electrons. The van der Waals surface area contributed by atoms with Crippen molar-refractivity contribution in [1.82, 2.24) is 0 Å². The van der Waals surface area contributed by atoms with Crippen LogP contribution in [0.2, 0.25) is 0 Å². The van der Waals surface area contributed by atoms with Gasteiger partial charge in [-0.05, 0) is 41.5 Å². The van der Waals surface area contributed by atoms with Crippen molar-refractivity contribution >= 4 is 10.8 Å². The lowest BCUT2D eigenvalue weighted by Gasteiger charge is -2.12. The molecule has 18 heavy (non-hydrogen) atoms. The Morgan fingerprint density at radius 3 is 2.56 bits per heavy atom. The van der Waals surface area contributed by atoms with Gasteiger partial charge in [0.15, 0.2) is 0 Å². The van der Waals surface area contributed by atoms with E-state index in [0.29, 0.717) is 13.2 Å². The topological polar surface area (TPSA) is 38.7 Å². The van der Waals surface area contributed by atoms with Crippen LogP contribution in [0.5, 0.6) is 5.75 Å². The molecule has 0 heterocycles. The standard InChI is InChI=1S/C15H18O3/c1-3-18-10-15(16)13-5-4-12-9-14(17-2)7-6-11(12)8-13/h4-9,15-16H,3,10H2,1-2H3. The fourth-order valence-corrected chi connectivity index (χ4v) is 1.90. The summed E-state index contributed by atoms with van der Waals surface area (Å²) >= 11 is 0. The van der Waals surface area contributed by atoms with Gasteiger partial charge >= 0.3 is 0 Å². The number of aliphatic hydroxyl groups excluding tert-OH is 1. The Morgan fingerprint density at radius 1 is 1.11 bits per heavy atom. The van der Waals surface area contributed by atoms with Gasteiger partial charge in [-0.3, -0.25) is 0 Å². The molecule has 1 unspecified atom stereocenters. The maximum Gasteiger partial charge on any atom is 0.119 e. The molecule has 1 N–H and O–H groups in total. The molecular formula is C15H18O3. The normalized spacial score (nSPS) is 12.6. The number of hydrogen-bond acceptors (Lipinski definition) is 3. The average molecular weight is 246 g/mol. The monoisotopic (exact) mass is 246 g/mol. The maximum absolute atomic E-state index is 9.96. The van der Waals surface area contributed by atoms with Crippen LogP contribution in [0.3, 0.4) is 0 Å². The molecule has 3 heteroatoms. The van der Waals surface area contributed by atoms with E-state index in [1.807, 2.05) is 43.3 Å². The van der Waals surface area contributed by atoms with Crippen LogP contribution in [0.4, 0.5) is 0 Å². The second-order valence-corrected chi connectivity index (χ2v) is 4.15. The number of methoxy groups -OCH3 is 1. The highest BCUT2D eigenvalue weighted by atomic mass is 16.5. The van der Waals surface area contributed by atoms with E-state index in [0.717, 1.165) is 22.1 Å². The van der Waals surface area contributed by atoms with Gasteiger partial charge in [0.05, 0.1) is 13.7 Å². The molecular weight excluding hydrogens is 228 g/mol. The molecule has 0 radical (unpaired) electrons. The van der Waals surface area contributed by atoms with Crippen molar-refractivity contribution < 1.29 is 14.6 Å². The molecule has 0 saturated carbocycles. The summed E-state index contributed by atoms with van der Waals surface area (Å²) in [5, 5.41) is 12.1. The Hall–Kier alpha value is -1.58. The van der Waals surface area contributed by atoms with E-state index in [4.69, 9.17) is 9.47 Å². The summed E-state index contributed by atoms with van der Waals surface area (Å²) in [4.78, 5) is 0. The predicted octanol–water partition coefficient (Wildman–Crippen LogP) is 2.92. The van der Waals surface area contributed by atoms with Crippen molar-refractivity contribution in [1.29, 1.82) is 0 Å². The summed E-state index contributed by atoms with van der Waals surface area (Å²) in [6, 6.07) is 11.8. The highest BCUT2D eigenvalue weighted by Crippen LogP contribution is 2.24. The van der Waals surface area contributed by atoms with Gasteiger partial charge in [-0.25, -0.2) is 0 Å². The summed E-state index contributed by atoms with van der Waals surface area (Å²) < 4.78 is 10.4. The number of rotatable bonds is 5. The van der Waals surface area contributed by atoms with Crippen molar-refractivity contribution in [3.05, 3.63) is 42.0 Å². The van der Waals surface area contributed by atoms with E-state index in [1.165, 1.54) is 0 Å². The second kappa shape index (κ2) is 5.85. The molecule has 0 aromatic heterocycles. The number of benzene rings is 2. The Kier molecular flexibility index (Phi) is 4.18. The third-order valence-corrected chi connectivity index (χ3v) is 2.94. The summed E-state index contributed by atoms with van der Waals surface area (Å²) in [7, 11) is 1.65. The van der Waals surface area contributed by atoms with Crippen molar-refractivity contribution in [3.63, 3.8) is 0 Å². The highest BCUT2D eigenvalue weighted by molar-refractivity contribution is 5.84. The van der Waals surface area contributed by atoms with E-state index in [-0.39, 0.29) is 0 Å². The molecule has 3 nitrogen and oxygen atoms in total. The first-order valence-corrected chi connectivity index (χ1v) is 6.08. The van der Waals surface area contributed by atoms with Crippen molar-refractivity contribution in [2.24, 2.45) is 0 Å². The van der Waals surface area contributed by atoms with E-state index in [1.54, 1.807) is 7.11 Å². The molecule has 0 bridgehead atoms. The van der Waals surface area contributed by atoms with Gasteiger partial charge in [-0.15, -0.1) is 0 Å². The third kappa shape index (κ3) is 2.81. The quantitative estimate of drug-likeness (QED) is 0.881. The Labute approximate surface area is 107 Å². The molecule has 0 fully saturated rings. The molecule has 2 aromatic rings. The van der Waals surface area contributed by atoms with E-state index in [2.05, 4.69) is 0 Å². The molecule has 2 rings (SSSR count). The largest absolute Gasteiger partial charge is 0.497 e. The molecule has 0 aliphatic heterocycles. The zero-order valence-electron chi connectivity index (χ0n) is 10.7. The maximum atomic E-state index is 9.96. The van der Waals surface area contributed by atoms with Crippen LogP contribution >= 0.6 is 0 Å². The highest BCUT2D eigenvalue weighted by Gasteiger charge is 2.08. The number of fused-ring (bicyclic) bond motifs is 1. The predicted molar refractivity (Wildman–Crippen MR) is 72.0 cm³/mol. The van der Waals surface area contributed by atoms with Crippen LogP contribution in [-0.4, -0.2) is 25.4 Å². The van der Waals surface area contributed by atoms with Gasteiger partial charge in [0.2, 0.25) is 0 Å². The van der Waals surface area contributed by atoms with Crippen LogP contribution in [0, 0.1) is 0 Å². The summed E-state index contributed by atoms with van der Waals surface area (Å²) in [5.41, 5.74) is 0.876. The van der Waals surface area contributed by atoms with Gasteiger partial charge in [-0.2, -0.15) is 0 Å². The van der Waals surface area contributed by atoms with Gasteiger partial charge in [0.1, 0.15) is 11.9 Å². The van der Waals surface area contributed by atoms with E-state index >= 15 is 0 Å². The molecule has 0 amide bonds. The van der Waals surface area contributed by atoms with Gasteiger partial charge in [0.25, 0.3) is 0 Å². The van der Waals surface area contributed by atoms with Crippen LogP contribution in [-0.2, 0) is 4.74 Å². The van der Waals surface area contributed by atoms with Crippen molar-refractivity contribution in [3.8, 4) is 5.75 Å². The van der Waals surface area contributed by atoms with E-state index < -0.39 is 6.10 Å². The molecule has 2 aromatic carbocycles. The van der Waals surface area contributed by atoms with Crippen LogP contribution in [0.15, 0.2) is 36.4 Å². The van der Waals surface area contributed by atoms with Crippen LogP contribution < -0.4 is 4.74 Å². The van der Waals surface area contributed by atoms with Gasteiger partial charge in [-0.1, -0.05) is 18.2 Å². The average Bonchev–Trinajstić information content (AvgIpc) is 2.43. The Balaban J connectivity index is 2.27. The Morgan fingerprint density at radius 2 is 1.83 bits per heavy atom. The zero-order valence-corrected chi connectivity index (χ0v) is 10.7. The Bertz CT molecular complexity index is 522. The molecule has 0 spiro atoms. The number of hydrogen-bond donors (Lipinski definition) is 1. The fourth-order valence-electron chi connectivity index (χ4n) is 1.90. The second-order valence-electron chi connectivity index (χ2n) is 4.15. The van der Waals surface area contributed by atoms with Crippen molar-refractivity contribution in [2.75, 3.05) is 20.3 Å². The van der Waals surface area contributed by atoms with Crippen molar-refractivity contribution in [2.45, 2.75) is 13.0 Å². The molecule has 1 atom stereocenters. The lowest BCUT2D eigenvalue weighted by molar-refractivity contribution is 0.0421. The van der Waals surface area contributed by atoms with E-state index in [9.17, 15) is 5.11 Å². The summed E-state index contributed by atoms with van der Waals surface area (Å²) in [6.07, 6.45) is -0.573. The number of ether oxygens (including phenoxy) is 2. The zero-order chi connectivity index (χ0) is 13.0. The van der Waals surface area contributed by atoms with Gasteiger partial charge < -0.3 is 14.6 Å². The lowest BCUT2D eigenvalue weighted by atomic mass is 10.0. The smallest absolute Gasteiger partial charge is 0.119 e. The first-order valence-electron chi connectivity index (χ1n) is 6.08. The minimum absolute atomic E-state index is 0.332. The summed E-state index contributed by atoms with van der Waals surface area (Å²) in [6.45, 7) is 2.86. The lowest BCUT2D eigenvalue weighted by Crippen LogP contribution is -2.06.